The van der Waals surface area contributed by atoms with Crippen LogP contribution < -0.4 is 4.72 Å². The minimum atomic E-state index is -3.86. The molecule has 1 saturated heterocycles. The molecule has 144 valence electrons. The molecule has 0 unspecified atom stereocenters. The Bertz CT molecular complexity index is 1150. The highest BCUT2D eigenvalue weighted by molar-refractivity contribution is 7.94. The number of nitrogens with one attached hydrogen (secondary N) is 1. The maximum Gasteiger partial charge on any atom is 0.347 e. The Hall–Kier alpha value is -2.91. The fourth-order valence-corrected chi connectivity index (χ4v) is 4.95. The minimum Gasteiger partial charge on any atom is -0.463 e. The zero-order chi connectivity index (χ0) is 19.7. The van der Waals surface area contributed by atoms with E-state index >= 15 is 0 Å². The quantitative estimate of drug-likeness (QED) is 0.640. The topological polar surface area (TPSA) is 98.8 Å². The number of ether oxygens (including phenoxy) is 2. The van der Waals surface area contributed by atoms with Crippen LogP contribution in [0.2, 0.25) is 0 Å². The number of rotatable bonds is 5. The lowest BCUT2D eigenvalue weighted by Crippen LogP contribution is -2.24. The Morgan fingerprint density at radius 1 is 1.14 bits per heavy atom. The first-order valence-electron chi connectivity index (χ1n) is 8.41. The van der Waals surface area contributed by atoms with E-state index in [1.807, 2.05) is 12.1 Å². The molecule has 1 atom stereocenters. The van der Waals surface area contributed by atoms with Gasteiger partial charge in [-0.1, -0.05) is 30.3 Å². The first-order chi connectivity index (χ1) is 13.4. The van der Waals surface area contributed by atoms with Crippen molar-refractivity contribution in [2.75, 3.05) is 11.3 Å². The molecule has 9 heteroatoms. The molecular formula is C19H15NO6S2. The van der Waals surface area contributed by atoms with Gasteiger partial charge in [-0.15, -0.1) is 11.3 Å². The van der Waals surface area contributed by atoms with Crippen LogP contribution >= 0.6 is 11.3 Å². The molecule has 1 aliphatic rings. The minimum absolute atomic E-state index is 0.0264. The number of fused-ring (bicyclic) bond motifs is 1. The predicted molar refractivity (Wildman–Crippen MR) is 104 cm³/mol. The highest BCUT2D eigenvalue weighted by Gasteiger charge is 2.31. The smallest absolute Gasteiger partial charge is 0.347 e. The van der Waals surface area contributed by atoms with Gasteiger partial charge in [0.1, 0.15) is 4.21 Å². The number of cyclic esters (lactones) is 1. The van der Waals surface area contributed by atoms with E-state index in [2.05, 4.69) is 4.72 Å². The zero-order valence-electron chi connectivity index (χ0n) is 14.5. The molecule has 4 rings (SSSR count). The summed E-state index contributed by atoms with van der Waals surface area (Å²) >= 11 is 1.07. The first kappa shape index (κ1) is 18.5. The molecule has 0 spiro atoms. The molecule has 1 fully saturated rings. The maximum atomic E-state index is 12.7. The molecule has 28 heavy (non-hydrogen) atoms. The van der Waals surface area contributed by atoms with Gasteiger partial charge in [0.05, 0.1) is 17.9 Å². The Labute approximate surface area is 164 Å². The Kier molecular flexibility index (Phi) is 4.78. The standard InChI is InChI=1S/C19H15NO6S2/c21-18(26-16-7-8-25-19(16)22)14-10-12-4-1-2-5-13(12)11-15(14)20-28(23,24)17-6-3-9-27-17/h1-6,9-11,16,20H,7-8H2/t16-/m0/s1. The van der Waals surface area contributed by atoms with E-state index in [4.69, 9.17) is 9.47 Å². The van der Waals surface area contributed by atoms with Crippen molar-refractivity contribution >= 4 is 49.8 Å². The Morgan fingerprint density at radius 2 is 1.89 bits per heavy atom. The number of hydrogen-bond acceptors (Lipinski definition) is 7. The average molecular weight is 417 g/mol. The summed E-state index contributed by atoms with van der Waals surface area (Å²) in [6.07, 6.45) is -0.713. The highest BCUT2D eigenvalue weighted by Crippen LogP contribution is 2.29. The molecule has 1 aliphatic heterocycles. The van der Waals surface area contributed by atoms with Crippen molar-refractivity contribution in [3.63, 3.8) is 0 Å². The summed E-state index contributed by atoms with van der Waals surface area (Å²) in [4.78, 5) is 24.3. The van der Waals surface area contributed by atoms with Crippen LogP contribution in [0.4, 0.5) is 5.69 Å². The molecule has 0 bridgehead atoms. The van der Waals surface area contributed by atoms with E-state index in [1.165, 1.54) is 6.07 Å². The summed E-state index contributed by atoms with van der Waals surface area (Å²) < 4.78 is 37.9. The van der Waals surface area contributed by atoms with Gasteiger partial charge >= 0.3 is 11.9 Å². The summed E-state index contributed by atoms with van der Waals surface area (Å²) in [7, 11) is -3.86. The fraction of sp³-hybridized carbons (Fsp3) is 0.158. The second kappa shape index (κ2) is 7.25. The third-order valence-electron chi connectivity index (χ3n) is 4.25. The summed E-state index contributed by atoms with van der Waals surface area (Å²) in [5.74, 6) is -1.40. The summed E-state index contributed by atoms with van der Waals surface area (Å²) in [6.45, 7) is 0.187. The van der Waals surface area contributed by atoms with Crippen molar-refractivity contribution in [3.05, 3.63) is 59.5 Å². The lowest BCUT2D eigenvalue weighted by Gasteiger charge is -2.14. The van der Waals surface area contributed by atoms with Gasteiger partial charge < -0.3 is 9.47 Å². The van der Waals surface area contributed by atoms with Gasteiger partial charge in [-0.2, -0.15) is 0 Å². The second-order valence-corrected chi connectivity index (χ2v) is 8.99. The first-order valence-corrected chi connectivity index (χ1v) is 10.8. The number of benzene rings is 2. The van der Waals surface area contributed by atoms with Gasteiger partial charge in [-0.05, 0) is 34.4 Å². The molecule has 1 N–H and O–H groups in total. The van der Waals surface area contributed by atoms with Crippen LogP contribution in [0.3, 0.4) is 0 Å². The lowest BCUT2D eigenvalue weighted by atomic mass is 10.1. The van der Waals surface area contributed by atoms with E-state index in [1.54, 1.807) is 35.7 Å². The molecule has 3 aromatic rings. The van der Waals surface area contributed by atoms with Gasteiger partial charge in [-0.25, -0.2) is 18.0 Å². The highest BCUT2D eigenvalue weighted by atomic mass is 32.2. The third kappa shape index (κ3) is 3.58. The number of esters is 2. The second-order valence-electron chi connectivity index (χ2n) is 6.13. The van der Waals surface area contributed by atoms with Crippen molar-refractivity contribution in [1.29, 1.82) is 0 Å². The Balaban J connectivity index is 1.74. The van der Waals surface area contributed by atoms with Crippen LogP contribution in [0.15, 0.2) is 58.1 Å². The predicted octanol–water partition coefficient (Wildman–Crippen LogP) is 3.17. The van der Waals surface area contributed by atoms with Crippen molar-refractivity contribution < 1.29 is 27.5 Å². The number of hydrogen-bond donors (Lipinski definition) is 1. The number of sulfonamides is 1. The van der Waals surface area contributed by atoms with Crippen LogP contribution in [-0.2, 0) is 24.3 Å². The van der Waals surface area contributed by atoms with Gasteiger partial charge in [0.2, 0.25) is 6.10 Å². The molecule has 2 heterocycles. The SMILES string of the molecule is O=C(O[C@H]1CCOC1=O)c1cc2ccccc2cc1NS(=O)(=O)c1cccs1. The van der Waals surface area contributed by atoms with Crippen LogP contribution in [0.25, 0.3) is 10.8 Å². The maximum absolute atomic E-state index is 12.7. The van der Waals surface area contributed by atoms with Gasteiger partial charge in [-0.3, -0.25) is 4.72 Å². The van der Waals surface area contributed by atoms with Crippen molar-refractivity contribution in [1.82, 2.24) is 0 Å². The van der Waals surface area contributed by atoms with E-state index in [-0.39, 0.29) is 28.5 Å². The molecule has 0 amide bonds. The van der Waals surface area contributed by atoms with E-state index < -0.39 is 28.1 Å². The monoisotopic (exact) mass is 417 g/mol. The lowest BCUT2D eigenvalue weighted by molar-refractivity contribution is -0.145. The van der Waals surface area contributed by atoms with Crippen LogP contribution in [0, 0.1) is 0 Å². The van der Waals surface area contributed by atoms with Crippen molar-refractivity contribution in [3.8, 4) is 0 Å². The normalized spacial score (nSPS) is 16.7. The van der Waals surface area contributed by atoms with Crippen LogP contribution in [0.1, 0.15) is 16.8 Å². The van der Waals surface area contributed by atoms with E-state index in [0.717, 1.165) is 22.1 Å². The van der Waals surface area contributed by atoms with Gasteiger partial charge in [0, 0.05) is 6.42 Å². The molecule has 2 aromatic carbocycles. The number of thiophene rings is 1. The molecular weight excluding hydrogens is 402 g/mol. The van der Waals surface area contributed by atoms with Crippen LogP contribution in [0.5, 0.6) is 0 Å². The number of carbonyl (C=O) groups excluding carboxylic acids is 2. The van der Waals surface area contributed by atoms with E-state index in [9.17, 15) is 18.0 Å². The summed E-state index contributed by atoms with van der Waals surface area (Å²) in [5.41, 5.74) is 0.113. The van der Waals surface area contributed by atoms with Crippen LogP contribution in [-0.4, -0.2) is 33.1 Å². The molecule has 1 aromatic heterocycles. The van der Waals surface area contributed by atoms with Gasteiger partial charge in [0.15, 0.2) is 0 Å². The summed E-state index contributed by atoms with van der Waals surface area (Å²) in [6, 6.07) is 13.4. The molecule has 7 nitrogen and oxygen atoms in total. The largest absolute Gasteiger partial charge is 0.463 e. The Morgan fingerprint density at radius 3 is 2.54 bits per heavy atom. The van der Waals surface area contributed by atoms with Crippen molar-refractivity contribution in [2.24, 2.45) is 0 Å². The van der Waals surface area contributed by atoms with E-state index in [0.29, 0.717) is 0 Å². The molecule has 0 aliphatic carbocycles. The van der Waals surface area contributed by atoms with Crippen molar-refractivity contribution in [2.45, 2.75) is 16.7 Å². The summed E-state index contributed by atoms with van der Waals surface area (Å²) in [5, 5.41) is 3.14. The average Bonchev–Trinajstić information content (AvgIpc) is 3.34. The van der Waals surface area contributed by atoms with Gasteiger partial charge in [0.25, 0.3) is 10.0 Å². The fourth-order valence-electron chi connectivity index (χ4n) is 2.88. The number of anilines is 1. The zero-order valence-corrected chi connectivity index (χ0v) is 16.1. The molecule has 0 radical (unpaired) electrons. The third-order valence-corrected chi connectivity index (χ3v) is 7.01. The number of carbonyl (C=O) groups is 2. The molecule has 0 saturated carbocycles.